The second-order valence-electron chi connectivity index (χ2n) is 4.50. The molecule has 0 spiro atoms. The highest BCUT2D eigenvalue weighted by atomic mass is 79.9. The van der Waals surface area contributed by atoms with Gasteiger partial charge in [0.2, 0.25) is 0 Å². The van der Waals surface area contributed by atoms with E-state index in [9.17, 15) is 5.11 Å². The van der Waals surface area contributed by atoms with Gasteiger partial charge in [0.05, 0.1) is 5.60 Å². The fourth-order valence-corrected chi connectivity index (χ4v) is 1.58. The molecule has 3 heteroatoms. The maximum absolute atomic E-state index is 9.52. The van der Waals surface area contributed by atoms with Crippen molar-refractivity contribution in [3.63, 3.8) is 0 Å². The van der Waals surface area contributed by atoms with Crippen molar-refractivity contribution < 1.29 is 5.11 Å². The third-order valence-corrected chi connectivity index (χ3v) is 3.00. The Balaban J connectivity index is 2.48. The first-order valence-corrected chi connectivity index (χ1v) is 5.86. The Kier molecular flexibility index (Phi) is 4.32. The van der Waals surface area contributed by atoms with Gasteiger partial charge >= 0.3 is 0 Å². The number of hydrogen-bond acceptors (Lipinski definition) is 2. The third-order valence-electron chi connectivity index (χ3n) is 2.11. The molecule has 0 aromatic heterocycles. The summed E-state index contributed by atoms with van der Waals surface area (Å²) in [7, 11) is 0. The molecule has 0 atom stereocenters. The van der Waals surface area contributed by atoms with Crippen LogP contribution in [0.15, 0.2) is 22.7 Å². The van der Waals surface area contributed by atoms with Gasteiger partial charge in [0.1, 0.15) is 0 Å². The van der Waals surface area contributed by atoms with E-state index in [1.54, 1.807) is 13.8 Å². The van der Waals surface area contributed by atoms with Crippen LogP contribution in [0.2, 0.25) is 0 Å². The second-order valence-corrected chi connectivity index (χ2v) is 5.35. The van der Waals surface area contributed by atoms with Gasteiger partial charge in [-0.1, -0.05) is 28.1 Å². The Bertz CT molecular complexity index is 331. The second kappa shape index (κ2) is 5.10. The number of benzene rings is 1. The largest absolute Gasteiger partial charge is 0.389 e. The summed E-state index contributed by atoms with van der Waals surface area (Å²) in [5.74, 6) is 0. The molecule has 1 aromatic carbocycles. The van der Waals surface area contributed by atoms with E-state index in [-0.39, 0.29) is 0 Å². The predicted molar refractivity (Wildman–Crippen MR) is 66.9 cm³/mol. The average molecular weight is 272 g/mol. The normalized spacial score (nSPS) is 11.8. The van der Waals surface area contributed by atoms with Gasteiger partial charge in [-0.3, -0.25) is 0 Å². The maximum atomic E-state index is 9.52. The van der Waals surface area contributed by atoms with Crippen LogP contribution in [-0.2, 0) is 6.54 Å². The van der Waals surface area contributed by atoms with Gasteiger partial charge < -0.3 is 10.4 Å². The predicted octanol–water partition coefficient (Wildman–Crippen LogP) is 2.62. The van der Waals surface area contributed by atoms with Crippen LogP contribution in [0.4, 0.5) is 0 Å². The number of halogens is 1. The van der Waals surface area contributed by atoms with E-state index in [1.165, 1.54) is 11.1 Å². The highest BCUT2D eigenvalue weighted by Gasteiger charge is 2.10. The fourth-order valence-electron chi connectivity index (χ4n) is 1.33. The Morgan fingerprint density at radius 3 is 2.60 bits per heavy atom. The molecule has 2 N–H and O–H groups in total. The highest BCUT2D eigenvalue weighted by molar-refractivity contribution is 9.10. The Hall–Kier alpha value is -0.380. The monoisotopic (exact) mass is 271 g/mol. The number of nitrogens with one attached hydrogen (secondary N) is 1. The van der Waals surface area contributed by atoms with Crippen molar-refractivity contribution in [3.05, 3.63) is 33.8 Å². The molecule has 0 aliphatic heterocycles. The molecule has 0 bridgehead atoms. The van der Waals surface area contributed by atoms with Gasteiger partial charge in [-0.05, 0) is 38.0 Å². The summed E-state index contributed by atoms with van der Waals surface area (Å²) < 4.78 is 1.13. The molecule has 0 aliphatic carbocycles. The number of hydrogen-bond donors (Lipinski definition) is 2. The van der Waals surface area contributed by atoms with E-state index in [1.807, 2.05) is 0 Å². The van der Waals surface area contributed by atoms with E-state index >= 15 is 0 Å². The van der Waals surface area contributed by atoms with Crippen LogP contribution in [0.3, 0.4) is 0 Å². The third kappa shape index (κ3) is 4.78. The van der Waals surface area contributed by atoms with E-state index in [0.717, 1.165) is 11.0 Å². The molecule has 0 heterocycles. The zero-order valence-electron chi connectivity index (χ0n) is 9.47. The molecule has 0 unspecified atom stereocenters. The lowest BCUT2D eigenvalue weighted by Gasteiger charge is -2.17. The van der Waals surface area contributed by atoms with Crippen LogP contribution in [0.5, 0.6) is 0 Å². The minimum absolute atomic E-state index is 0.599. The van der Waals surface area contributed by atoms with Crippen LogP contribution in [0.1, 0.15) is 25.0 Å². The summed E-state index contributed by atoms with van der Waals surface area (Å²) in [6, 6.07) is 6.27. The quantitative estimate of drug-likeness (QED) is 0.883. The topological polar surface area (TPSA) is 32.3 Å². The summed E-state index contributed by atoms with van der Waals surface area (Å²) in [4.78, 5) is 0. The zero-order chi connectivity index (χ0) is 11.5. The lowest BCUT2D eigenvalue weighted by atomic mass is 10.1. The van der Waals surface area contributed by atoms with Crippen LogP contribution in [-0.4, -0.2) is 17.3 Å². The van der Waals surface area contributed by atoms with Gasteiger partial charge in [-0.25, -0.2) is 0 Å². The van der Waals surface area contributed by atoms with Crippen LogP contribution in [0, 0.1) is 6.92 Å². The lowest BCUT2D eigenvalue weighted by molar-refractivity contribution is 0.0795. The van der Waals surface area contributed by atoms with Gasteiger partial charge in [-0.2, -0.15) is 0 Å². The lowest BCUT2D eigenvalue weighted by Crippen LogP contribution is -2.34. The van der Waals surface area contributed by atoms with Crippen molar-refractivity contribution in [2.24, 2.45) is 0 Å². The molecule has 2 nitrogen and oxygen atoms in total. The van der Waals surface area contributed by atoms with Crippen LogP contribution < -0.4 is 5.32 Å². The summed E-state index contributed by atoms with van der Waals surface area (Å²) in [5.41, 5.74) is 1.82. The maximum Gasteiger partial charge on any atom is 0.0715 e. The Morgan fingerprint density at radius 1 is 1.40 bits per heavy atom. The van der Waals surface area contributed by atoms with E-state index in [0.29, 0.717) is 6.54 Å². The number of rotatable bonds is 4. The van der Waals surface area contributed by atoms with Crippen molar-refractivity contribution in [1.29, 1.82) is 0 Å². The van der Waals surface area contributed by atoms with Crippen LogP contribution in [0.25, 0.3) is 0 Å². The molecule has 0 amide bonds. The average Bonchev–Trinajstić information content (AvgIpc) is 2.09. The van der Waals surface area contributed by atoms with E-state index < -0.39 is 5.60 Å². The number of aliphatic hydroxyl groups is 1. The van der Waals surface area contributed by atoms with Gasteiger partial charge in [0, 0.05) is 17.6 Å². The summed E-state index contributed by atoms with van der Waals surface area (Å²) in [5, 5.41) is 12.7. The SMILES string of the molecule is Cc1cc(CNCC(C)(C)O)ccc1Br. The molecular formula is C12H18BrNO. The first-order chi connectivity index (χ1) is 6.88. The molecule has 1 aromatic rings. The highest BCUT2D eigenvalue weighted by Crippen LogP contribution is 2.16. The summed E-state index contributed by atoms with van der Waals surface area (Å²) >= 11 is 3.47. The van der Waals surface area contributed by atoms with Crippen molar-refractivity contribution in [3.8, 4) is 0 Å². The minimum Gasteiger partial charge on any atom is -0.389 e. The zero-order valence-corrected chi connectivity index (χ0v) is 11.1. The fraction of sp³-hybridized carbons (Fsp3) is 0.500. The van der Waals surface area contributed by atoms with Crippen molar-refractivity contribution in [2.75, 3.05) is 6.54 Å². The summed E-state index contributed by atoms with van der Waals surface area (Å²) in [6.07, 6.45) is 0. The molecule has 0 saturated carbocycles. The van der Waals surface area contributed by atoms with Crippen molar-refractivity contribution in [1.82, 2.24) is 5.32 Å². The molecule has 0 aliphatic rings. The smallest absolute Gasteiger partial charge is 0.0715 e. The standard InChI is InChI=1S/C12H18BrNO/c1-9-6-10(4-5-11(9)13)7-14-8-12(2,3)15/h4-6,14-15H,7-8H2,1-3H3. The Morgan fingerprint density at radius 2 is 2.07 bits per heavy atom. The minimum atomic E-state index is -0.648. The van der Waals surface area contributed by atoms with Gasteiger partial charge in [0.15, 0.2) is 0 Å². The molecule has 0 radical (unpaired) electrons. The molecular weight excluding hydrogens is 254 g/mol. The summed E-state index contributed by atoms with van der Waals surface area (Å²) in [6.45, 7) is 7.06. The van der Waals surface area contributed by atoms with Gasteiger partial charge in [-0.15, -0.1) is 0 Å². The van der Waals surface area contributed by atoms with E-state index in [2.05, 4.69) is 46.4 Å². The molecule has 0 fully saturated rings. The van der Waals surface area contributed by atoms with E-state index in [4.69, 9.17) is 0 Å². The molecule has 1 rings (SSSR count). The van der Waals surface area contributed by atoms with Gasteiger partial charge in [0.25, 0.3) is 0 Å². The molecule has 84 valence electrons. The Labute approximate surface area is 99.8 Å². The van der Waals surface area contributed by atoms with Crippen molar-refractivity contribution in [2.45, 2.75) is 32.9 Å². The van der Waals surface area contributed by atoms with Crippen molar-refractivity contribution >= 4 is 15.9 Å². The first-order valence-electron chi connectivity index (χ1n) is 5.06. The molecule has 15 heavy (non-hydrogen) atoms. The molecule has 0 saturated heterocycles. The number of aryl methyl sites for hydroxylation is 1. The first kappa shape index (κ1) is 12.7. The van der Waals surface area contributed by atoms with Crippen LogP contribution >= 0.6 is 15.9 Å².